The Morgan fingerprint density at radius 2 is 2.43 bits per heavy atom. The van der Waals surface area contributed by atoms with Gasteiger partial charge < -0.3 is 10.4 Å². The summed E-state index contributed by atoms with van der Waals surface area (Å²) >= 11 is 6.84. The maximum Gasteiger partial charge on any atom is 0.221 e. The average Bonchev–Trinajstić information content (AvgIpc) is 3.25. The standard InChI is InChI=1S/C15H20N4O2S2/c20-11-4-1-3-10(11)9-16-13(21)6-7-19-14(17-18-15(19)22)12-5-2-8-23-12/h2,5,8,10-11,20H,1,3-4,6-7,9H2,(H,16,21)(H,18,22). The van der Waals surface area contributed by atoms with Crippen LogP contribution in [0.3, 0.4) is 0 Å². The lowest BCUT2D eigenvalue weighted by atomic mass is 10.1. The van der Waals surface area contributed by atoms with Crippen LogP contribution in [-0.2, 0) is 11.3 Å². The Hall–Kier alpha value is -1.51. The summed E-state index contributed by atoms with van der Waals surface area (Å²) in [7, 11) is 0. The first-order valence-corrected chi connectivity index (χ1v) is 9.08. The van der Waals surface area contributed by atoms with Crippen LogP contribution in [0.4, 0.5) is 0 Å². The molecule has 0 saturated heterocycles. The monoisotopic (exact) mass is 352 g/mol. The minimum atomic E-state index is -0.275. The average molecular weight is 352 g/mol. The Kier molecular flexibility index (Phi) is 5.24. The van der Waals surface area contributed by atoms with Gasteiger partial charge in [0.05, 0.1) is 11.0 Å². The third kappa shape index (κ3) is 3.88. The highest BCUT2D eigenvalue weighted by atomic mass is 32.1. The summed E-state index contributed by atoms with van der Waals surface area (Å²) in [4.78, 5) is 13.1. The van der Waals surface area contributed by atoms with E-state index in [1.165, 1.54) is 0 Å². The second kappa shape index (κ2) is 7.37. The SMILES string of the molecule is O=C(CCn1c(-c2cccs2)n[nH]c1=S)NCC1CCCC1O. The van der Waals surface area contributed by atoms with Gasteiger partial charge in [-0.15, -0.1) is 11.3 Å². The molecule has 1 saturated carbocycles. The Morgan fingerprint density at radius 3 is 3.13 bits per heavy atom. The molecular weight excluding hydrogens is 332 g/mol. The molecular formula is C15H20N4O2S2. The van der Waals surface area contributed by atoms with E-state index in [-0.39, 0.29) is 17.9 Å². The van der Waals surface area contributed by atoms with Gasteiger partial charge in [-0.25, -0.2) is 0 Å². The lowest BCUT2D eigenvalue weighted by molar-refractivity contribution is -0.121. The number of amides is 1. The Balaban J connectivity index is 1.55. The molecule has 0 aliphatic heterocycles. The van der Waals surface area contributed by atoms with Gasteiger partial charge in [0.2, 0.25) is 5.91 Å². The molecule has 0 spiro atoms. The minimum Gasteiger partial charge on any atom is -0.393 e. The number of hydrogen-bond acceptors (Lipinski definition) is 5. The van der Waals surface area contributed by atoms with Gasteiger partial charge in [0.15, 0.2) is 10.6 Å². The normalized spacial score (nSPS) is 20.7. The molecule has 1 aliphatic carbocycles. The van der Waals surface area contributed by atoms with Crippen molar-refractivity contribution in [1.29, 1.82) is 0 Å². The molecule has 0 radical (unpaired) electrons. The van der Waals surface area contributed by atoms with Crippen LogP contribution in [0.1, 0.15) is 25.7 Å². The molecule has 8 heteroatoms. The zero-order chi connectivity index (χ0) is 16.2. The fraction of sp³-hybridized carbons (Fsp3) is 0.533. The third-order valence-corrected chi connectivity index (χ3v) is 5.42. The minimum absolute atomic E-state index is 0.0238. The molecule has 2 aromatic heterocycles. The highest BCUT2D eigenvalue weighted by Crippen LogP contribution is 2.25. The molecule has 6 nitrogen and oxygen atoms in total. The largest absolute Gasteiger partial charge is 0.393 e. The lowest BCUT2D eigenvalue weighted by Gasteiger charge is -2.15. The summed E-state index contributed by atoms with van der Waals surface area (Å²) in [5.74, 6) is 0.935. The number of aromatic nitrogens is 3. The van der Waals surface area contributed by atoms with Gasteiger partial charge in [-0.1, -0.05) is 12.5 Å². The highest BCUT2D eigenvalue weighted by molar-refractivity contribution is 7.71. The van der Waals surface area contributed by atoms with Crippen LogP contribution in [0.15, 0.2) is 17.5 Å². The lowest BCUT2D eigenvalue weighted by Crippen LogP contribution is -2.32. The summed E-state index contributed by atoms with van der Waals surface area (Å²) < 4.78 is 2.37. The molecule has 1 amide bonds. The Morgan fingerprint density at radius 1 is 1.57 bits per heavy atom. The maximum absolute atomic E-state index is 12.0. The van der Waals surface area contributed by atoms with Crippen molar-refractivity contribution in [3.8, 4) is 10.7 Å². The molecule has 2 atom stereocenters. The summed E-state index contributed by atoms with van der Waals surface area (Å²) in [6.07, 6.45) is 2.93. The van der Waals surface area contributed by atoms with Crippen LogP contribution in [0.5, 0.6) is 0 Å². The van der Waals surface area contributed by atoms with Crippen LogP contribution in [-0.4, -0.2) is 38.4 Å². The van der Waals surface area contributed by atoms with Crippen molar-refractivity contribution in [3.05, 3.63) is 22.3 Å². The van der Waals surface area contributed by atoms with Gasteiger partial charge >= 0.3 is 0 Å². The van der Waals surface area contributed by atoms with Gasteiger partial charge in [-0.05, 0) is 36.5 Å². The maximum atomic E-state index is 12.0. The van der Waals surface area contributed by atoms with Crippen molar-refractivity contribution in [2.24, 2.45) is 5.92 Å². The zero-order valence-electron chi connectivity index (χ0n) is 12.7. The van der Waals surface area contributed by atoms with Crippen molar-refractivity contribution < 1.29 is 9.90 Å². The summed E-state index contributed by atoms with van der Waals surface area (Å²) in [5, 5.41) is 21.7. The molecule has 0 aromatic carbocycles. The van der Waals surface area contributed by atoms with E-state index < -0.39 is 0 Å². The number of nitrogens with zero attached hydrogens (tertiary/aromatic N) is 2. The third-order valence-electron chi connectivity index (χ3n) is 4.24. The molecule has 124 valence electrons. The van der Waals surface area contributed by atoms with Crippen LogP contribution in [0.25, 0.3) is 10.7 Å². The zero-order valence-corrected chi connectivity index (χ0v) is 14.3. The van der Waals surface area contributed by atoms with Crippen molar-refractivity contribution in [3.63, 3.8) is 0 Å². The molecule has 2 heterocycles. The van der Waals surface area contributed by atoms with E-state index >= 15 is 0 Å². The topological polar surface area (TPSA) is 82.9 Å². The van der Waals surface area contributed by atoms with E-state index in [1.807, 2.05) is 22.1 Å². The van der Waals surface area contributed by atoms with Crippen LogP contribution in [0.2, 0.25) is 0 Å². The van der Waals surface area contributed by atoms with Gasteiger partial charge in [0.25, 0.3) is 0 Å². The van der Waals surface area contributed by atoms with Gasteiger partial charge in [-0.2, -0.15) is 5.10 Å². The molecule has 3 rings (SSSR count). The summed E-state index contributed by atoms with van der Waals surface area (Å²) in [6, 6.07) is 3.94. The predicted octanol–water partition coefficient (Wildman–Crippen LogP) is 2.34. The molecule has 1 fully saturated rings. The second-order valence-electron chi connectivity index (χ2n) is 5.79. The first kappa shape index (κ1) is 16.4. The number of carbonyl (C=O) groups is 1. The second-order valence-corrected chi connectivity index (χ2v) is 7.13. The number of rotatable bonds is 6. The first-order valence-electron chi connectivity index (χ1n) is 7.79. The highest BCUT2D eigenvalue weighted by Gasteiger charge is 2.25. The van der Waals surface area contributed by atoms with Crippen molar-refractivity contribution >= 4 is 29.5 Å². The number of aliphatic hydroxyl groups excluding tert-OH is 1. The first-order chi connectivity index (χ1) is 11.1. The molecule has 0 bridgehead atoms. The molecule has 2 unspecified atom stereocenters. The number of aromatic amines is 1. The molecule has 1 aliphatic rings. The van der Waals surface area contributed by atoms with E-state index in [4.69, 9.17) is 12.2 Å². The van der Waals surface area contributed by atoms with Gasteiger partial charge in [0, 0.05) is 25.4 Å². The van der Waals surface area contributed by atoms with E-state index in [1.54, 1.807) is 11.3 Å². The predicted molar refractivity (Wildman–Crippen MR) is 91.7 cm³/mol. The van der Waals surface area contributed by atoms with E-state index in [9.17, 15) is 9.90 Å². The number of H-pyrrole nitrogens is 1. The molecule has 3 N–H and O–H groups in total. The van der Waals surface area contributed by atoms with E-state index in [2.05, 4.69) is 15.5 Å². The number of nitrogens with one attached hydrogen (secondary N) is 2. The van der Waals surface area contributed by atoms with Gasteiger partial charge in [0.1, 0.15) is 0 Å². The van der Waals surface area contributed by atoms with Gasteiger partial charge in [-0.3, -0.25) is 14.5 Å². The Bertz CT molecular complexity index is 707. The molecule has 23 heavy (non-hydrogen) atoms. The van der Waals surface area contributed by atoms with Crippen LogP contribution in [0, 0.1) is 10.7 Å². The smallest absolute Gasteiger partial charge is 0.221 e. The number of hydrogen-bond donors (Lipinski definition) is 3. The Labute approximate surface area is 143 Å². The van der Waals surface area contributed by atoms with Crippen molar-refractivity contribution in [1.82, 2.24) is 20.1 Å². The number of aliphatic hydroxyl groups is 1. The van der Waals surface area contributed by atoms with E-state index in [0.717, 1.165) is 30.0 Å². The summed E-state index contributed by atoms with van der Waals surface area (Å²) in [5.41, 5.74) is 0. The van der Waals surface area contributed by atoms with Crippen molar-refractivity contribution in [2.75, 3.05) is 6.54 Å². The van der Waals surface area contributed by atoms with Crippen LogP contribution < -0.4 is 5.32 Å². The molecule has 2 aromatic rings. The number of carbonyl (C=O) groups excluding carboxylic acids is 1. The summed E-state index contributed by atoms with van der Waals surface area (Å²) in [6.45, 7) is 1.04. The fourth-order valence-electron chi connectivity index (χ4n) is 2.92. The fourth-order valence-corrected chi connectivity index (χ4v) is 3.87. The van der Waals surface area contributed by atoms with E-state index in [0.29, 0.717) is 24.3 Å². The van der Waals surface area contributed by atoms with Crippen LogP contribution >= 0.6 is 23.6 Å². The van der Waals surface area contributed by atoms with Crippen molar-refractivity contribution in [2.45, 2.75) is 38.3 Å². The number of thiophene rings is 1. The quantitative estimate of drug-likeness (QED) is 0.697.